The van der Waals surface area contributed by atoms with Gasteiger partial charge < -0.3 is 5.32 Å². The zero-order chi connectivity index (χ0) is 16.0. The third-order valence-corrected chi connectivity index (χ3v) is 6.76. The van der Waals surface area contributed by atoms with Crippen molar-refractivity contribution >= 4 is 5.91 Å². The van der Waals surface area contributed by atoms with Crippen LogP contribution in [0.3, 0.4) is 0 Å². The Hall–Kier alpha value is -1.31. The predicted octanol–water partition coefficient (Wildman–Crippen LogP) is 4.18. The maximum Gasteiger partial charge on any atom is 0.224 e. The van der Waals surface area contributed by atoms with E-state index in [2.05, 4.69) is 37.4 Å². The predicted molar refractivity (Wildman–Crippen MR) is 93.2 cm³/mol. The molecule has 124 valence electrons. The van der Waals surface area contributed by atoms with E-state index in [1.807, 2.05) is 0 Å². The lowest BCUT2D eigenvalue weighted by Crippen LogP contribution is -2.51. The monoisotopic (exact) mass is 311 g/mol. The zero-order valence-electron chi connectivity index (χ0n) is 14.5. The van der Waals surface area contributed by atoms with Gasteiger partial charge in [0.05, 0.1) is 6.42 Å². The Labute approximate surface area is 140 Å². The average molecular weight is 311 g/mol. The fourth-order valence-electron chi connectivity index (χ4n) is 5.95. The summed E-state index contributed by atoms with van der Waals surface area (Å²) < 4.78 is 0. The number of hydrogen-bond donors (Lipinski definition) is 1. The van der Waals surface area contributed by atoms with Crippen molar-refractivity contribution in [3.8, 4) is 0 Å². The minimum atomic E-state index is 0.198. The van der Waals surface area contributed by atoms with Gasteiger partial charge in [0.15, 0.2) is 0 Å². The third kappa shape index (κ3) is 3.05. The summed E-state index contributed by atoms with van der Waals surface area (Å²) in [5, 5.41) is 3.28. The van der Waals surface area contributed by atoms with E-state index in [-0.39, 0.29) is 5.91 Å². The number of nitrogens with one attached hydrogen (secondary N) is 1. The molecule has 0 heterocycles. The van der Waals surface area contributed by atoms with Crippen LogP contribution in [0.2, 0.25) is 0 Å². The molecule has 1 aromatic rings. The second-order valence-electron chi connectivity index (χ2n) is 8.79. The van der Waals surface area contributed by atoms with Crippen molar-refractivity contribution in [3.63, 3.8) is 0 Å². The van der Waals surface area contributed by atoms with Crippen LogP contribution in [-0.4, -0.2) is 12.5 Å². The van der Waals surface area contributed by atoms with Crippen LogP contribution in [0, 0.1) is 37.0 Å². The minimum absolute atomic E-state index is 0.198. The van der Waals surface area contributed by atoms with E-state index in [9.17, 15) is 4.79 Å². The SMILES string of the molecule is Cc1ccc(CC(=O)NCC23CC4CC(CC(C4)C2)C3)cc1C. The van der Waals surface area contributed by atoms with Crippen LogP contribution in [0.25, 0.3) is 0 Å². The van der Waals surface area contributed by atoms with Gasteiger partial charge in [-0.15, -0.1) is 0 Å². The summed E-state index contributed by atoms with van der Waals surface area (Å²) in [4.78, 5) is 12.4. The molecule has 0 aromatic heterocycles. The van der Waals surface area contributed by atoms with E-state index >= 15 is 0 Å². The molecular weight excluding hydrogens is 282 g/mol. The molecule has 0 saturated heterocycles. The number of carbonyl (C=O) groups excluding carboxylic acids is 1. The molecule has 1 aromatic carbocycles. The summed E-state index contributed by atoms with van der Waals surface area (Å²) in [6.45, 7) is 5.15. The van der Waals surface area contributed by atoms with Crippen LogP contribution < -0.4 is 5.32 Å². The molecule has 4 aliphatic carbocycles. The number of aryl methyl sites for hydroxylation is 2. The van der Waals surface area contributed by atoms with Crippen molar-refractivity contribution in [1.82, 2.24) is 5.32 Å². The first-order valence-corrected chi connectivity index (χ1v) is 9.34. The second-order valence-corrected chi connectivity index (χ2v) is 8.79. The summed E-state index contributed by atoms with van der Waals surface area (Å²) in [6, 6.07) is 6.36. The lowest BCUT2D eigenvalue weighted by Gasteiger charge is -2.56. The van der Waals surface area contributed by atoms with Gasteiger partial charge in [0.2, 0.25) is 5.91 Å². The van der Waals surface area contributed by atoms with Gasteiger partial charge in [0.1, 0.15) is 0 Å². The normalized spacial score (nSPS) is 34.6. The molecule has 0 radical (unpaired) electrons. The van der Waals surface area contributed by atoms with Crippen LogP contribution in [0.15, 0.2) is 18.2 Å². The molecule has 2 nitrogen and oxygen atoms in total. The molecular formula is C21H29NO. The standard InChI is InChI=1S/C21H29NO/c1-14-3-4-16(5-15(14)2)9-20(23)22-13-21-10-17-6-18(11-21)8-19(7-17)12-21/h3-5,17-19H,6-13H2,1-2H3,(H,22,23). The van der Waals surface area contributed by atoms with Crippen LogP contribution in [0.4, 0.5) is 0 Å². The maximum absolute atomic E-state index is 12.4. The van der Waals surface area contributed by atoms with E-state index in [4.69, 9.17) is 0 Å². The van der Waals surface area contributed by atoms with Crippen LogP contribution in [0.1, 0.15) is 55.2 Å². The zero-order valence-corrected chi connectivity index (χ0v) is 14.5. The van der Waals surface area contributed by atoms with Gasteiger partial charge in [-0.25, -0.2) is 0 Å². The highest BCUT2D eigenvalue weighted by atomic mass is 16.1. The van der Waals surface area contributed by atoms with E-state index in [0.717, 1.165) is 29.9 Å². The molecule has 4 fully saturated rings. The summed E-state index contributed by atoms with van der Waals surface area (Å²) in [7, 11) is 0. The van der Waals surface area contributed by atoms with Gasteiger partial charge in [0, 0.05) is 6.54 Å². The van der Waals surface area contributed by atoms with Crippen molar-refractivity contribution in [2.75, 3.05) is 6.54 Å². The topological polar surface area (TPSA) is 29.1 Å². The first-order valence-electron chi connectivity index (χ1n) is 9.34. The summed E-state index contributed by atoms with van der Waals surface area (Å²) in [6.07, 6.45) is 9.02. The number of rotatable bonds is 4. The van der Waals surface area contributed by atoms with Gasteiger partial charge in [-0.3, -0.25) is 4.79 Å². The van der Waals surface area contributed by atoms with E-state index in [1.54, 1.807) is 0 Å². The molecule has 0 unspecified atom stereocenters. The summed E-state index contributed by atoms with van der Waals surface area (Å²) >= 11 is 0. The van der Waals surface area contributed by atoms with Gasteiger partial charge in [-0.1, -0.05) is 18.2 Å². The average Bonchev–Trinajstić information content (AvgIpc) is 2.48. The van der Waals surface area contributed by atoms with Gasteiger partial charge in [-0.2, -0.15) is 0 Å². The summed E-state index contributed by atoms with van der Waals surface area (Å²) in [5.74, 6) is 3.07. The smallest absolute Gasteiger partial charge is 0.224 e. The molecule has 2 heteroatoms. The van der Waals surface area contributed by atoms with Crippen molar-refractivity contribution in [2.45, 2.75) is 58.8 Å². The number of carbonyl (C=O) groups is 1. The van der Waals surface area contributed by atoms with Gasteiger partial charge >= 0.3 is 0 Å². The van der Waals surface area contributed by atoms with Crippen LogP contribution in [0.5, 0.6) is 0 Å². The fraction of sp³-hybridized carbons (Fsp3) is 0.667. The molecule has 4 aliphatic rings. The van der Waals surface area contributed by atoms with E-state index in [0.29, 0.717) is 11.8 Å². The van der Waals surface area contributed by atoms with Crippen LogP contribution in [-0.2, 0) is 11.2 Å². The minimum Gasteiger partial charge on any atom is -0.355 e. The molecule has 4 bridgehead atoms. The number of amides is 1. The number of benzene rings is 1. The Kier molecular flexibility index (Phi) is 3.74. The maximum atomic E-state index is 12.4. The molecule has 5 rings (SSSR count). The molecule has 1 amide bonds. The molecule has 0 aliphatic heterocycles. The van der Waals surface area contributed by atoms with E-state index in [1.165, 1.54) is 49.7 Å². The first kappa shape index (κ1) is 15.2. The Morgan fingerprint density at radius 1 is 1.04 bits per heavy atom. The Bertz CT molecular complexity index is 583. The largest absolute Gasteiger partial charge is 0.355 e. The Morgan fingerprint density at radius 2 is 1.65 bits per heavy atom. The highest BCUT2D eigenvalue weighted by molar-refractivity contribution is 5.78. The fourth-order valence-corrected chi connectivity index (χ4v) is 5.95. The number of hydrogen-bond acceptors (Lipinski definition) is 1. The van der Waals surface area contributed by atoms with Crippen molar-refractivity contribution in [3.05, 3.63) is 34.9 Å². The molecule has 1 N–H and O–H groups in total. The van der Waals surface area contributed by atoms with Crippen molar-refractivity contribution in [2.24, 2.45) is 23.2 Å². The third-order valence-electron chi connectivity index (χ3n) is 6.76. The van der Waals surface area contributed by atoms with Crippen molar-refractivity contribution < 1.29 is 4.79 Å². The van der Waals surface area contributed by atoms with Crippen molar-refractivity contribution in [1.29, 1.82) is 0 Å². The molecule has 4 saturated carbocycles. The first-order chi connectivity index (χ1) is 11.0. The lowest BCUT2D eigenvalue weighted by atomic mass is 9.49. The summed E-state index contributed by atoms with van der Waals surface area (Å²) in [5.41, 5.74) is 4.14. The Balaban J connectivity index is 1.35. The van der Waals surface area contributed by atoms with Crippen LogP contribution >= 0.6 is 0 Å². The quantitative estimate of drug-likeness (QED) is 0.888. The second kappa shape index (κ2) is 5.65. The molecule has 0 spiro atoms. The van der Waals surface area contributed by atoms with E-state index < -0.39 is 0 Å². The molecule has 23 heavy (non-hydrogen) atoms. The van der Waals surface area contributed by atoms with Gasteiger partial charge in [-0.05, 0) is 92.2 Å². The van der Waals surface area contributed by atoms with Gasteiger partial charge in [0.25, 0.3) is 0 Å². The Morgan fingerprint density at radius 3 is 2.22 bits per heavy atom. The highest BCUT2D eigenvalue weighted by Gasteiger charge is 2.50. The highest BCUT2D eigenvalue weighted by Crippen LogP contribution is 2.59. The lowest BCUT2D eigenvalue weighted by molar-refractivity contribution is -0.122. The molecule has 0 atom stereocenters.